The molecule has 0 amide bonds. The fourth-order valence-electron chi connectivity index (χ4n) is 4.86. The number of benzene rings is 5. The van der Waals surface area contributed by atoms with Gasteiger partial charge in [0.1, 0.15) is 11.2 Å². The van der Waals surface area contributed by atoms with Crippen LogP contribution in [0, 0.1) is 0 Å². The first-order valence-corrected chi connectivity index (χ1v) is 12.3. The van der Waals surface area contributed by atoms with E-state index in [1.165, 1.54) is 0 Å². The van der Waals surface area contributed by atoms with Crippen molar-refractivity contribution in [2.24, 2.45) is 0 Å². The number of para-hydroxylation sites is 2. The zero-order chi connectivity index (χ0) is 24.6. The molecular weight excluding hydrogens is 452 g/mol. The molecule has 0 aliphatic carbocycles. The van der Waals surface area contributed by atoms with E-state index in [0.29, 0.717) is 5.82 Å². The van der Waals surface area contributed by atoms with Gasteiger partial charge < -0.3 is 4.42 Å². The summed E-state index contributed by atoms with van der Waals surface area (Å²) in [4.78, 5) is 9.85. The monoisotopic (exact) mass is 474 g/mol. The highest BCUT2D eigenvalue weighted by atomic mass is 16.3. The lowest BCUT2D eigenvalue weighted by Gasteiger charge is -2.10. The quantitative estimate of drug-likeness (QED) is 0.255. The molecule has 0 fully saturated rings. The summed E-state index contributed by atoms with van der Waals surface area (Å²) < 4.78 is 6.26. The molecule has 0 unspecified atom stereocenters. The fraction of sp³-hybridized carbons (Fsp3) is 0. The number of rotatable bonds is 4. The van der Waals surface area contributed by atoms with Crippen molar-refractivity contribution >= 4 is 21.9 Å². The van der Waals surface area contributed by atoms with Crippen LogP contribution in [0.4, 0.5) is 0 Å². The third-order valence-corrected chi connectivity index (χ3v) is 6.72. The minimum absolute atomic E-state index is 0.716. The molecule has 0 spiro atoms. The normalized spacial score (nSPS) is 11.2. The van der Waals surface area contributed by atoms with E-state index >= 15 is 0 Å². The maximum absolute atomic E-state index is 6.26. The van der Waals surface area contributed by atoms with Gasteiger partial charge in [-0.3, -0.25) is 0 Å². The van der Waals surface area contributed by atoms with Crippen molar-refractivity contribution < 1.29 is 4.42 Å². The number of nitrogens with zero attached hydrogens (tertiary/aromatic N) is 2. The molecule has 7 aromatic rings. The first-order valence-electron chi connectivity index (χ1n) is 12.3. The number of fused-ring (bicyclic) bond motifs is 3. The largest absolute Gasteiger partial charge is 0.455 e. The van der Waals surface area contributed by atoms with Gasteiger partial charge in [0, 0.05) is 33.0 Å². The van der Waals surface area contributed by atoms with Gasteiger partial charge in [0.05, 0.1) is 11.4 Å². The average Bonchev–Trinajstić information content (AvgIpc) is 3.37. The van der Waals surface area contributed by atoms with Gasteiger partial charge in [-0.05, 0) is 17.7 Å². The molecule has 0 radical (unpaired) electrons. The molecule has 0 atom stereocenters. The highest BCUT2D eigenvalue weighted by Crippen LogP contribution is 2.36. The third-order valence-electron chi connectivity index (χ3n) is 6.72. The molecule has 0 aliphatic rings. The molecule has 0 aliphatic heterocycles. The lowest BCUT2D eigenvalue weighted by Crippen LogP contribution is -1.95. The highest BCUT2D eigenvalue weighted by Gasteiger charge is 2.13. The van der Waals surface area contributed by atoms with Gasteiger partial charge >= 0.3 is 0 Å². The molecular formula is C34H22N2O. The van der Waals surface area contributed by atoms with E-state index in [9.17, 15) is 0 Å². The van der Waals surface area contributed by atoms with E-state index in [0.717, 1.165) is 61.1 Å². The van der Waals surface area contributed by atoms with Gasteiger partial charge in [0.25, 0.3) is 0 Å². The van der Waals surface area contributed by atoms with Crippen LogP contribution in [0.25, 0.3) is 67.0 Å². The lowest BCUT2D eigenvalue weighted by molar-refractivity contribution is 0.670. The molecule has 37 heavy (non-hydrogen) atoms. The highest BCUT2D eigenvalue weighted by molar-refractivity contribution is 6.09. The van der Waals surface area contributed by atoms with Crippen LogP contribution in [0.2, 0.25) is 0 Å². The maximum atomic E-state index is 6.26. The van der Waals surface area contributed by atoms with Crippen molar-refractivity contribution in [2.45, 2.75) is 0 Å². The Hall–Kier alpha value is -5.02. The predicted molar refractivity (Wildman–Crippen MR) is 151 cm³/mol. The van der Waals surface area contributed by atoms with Crippen molar-refractivity contribution in [1.82, 2.24) is 9.97 Å². The van der Waals surface area contributed by atoms with Crippen molar-refractivity contribution in [3.8, 4) is 45.0 Å². The lowest BCUT2D eigenvalue weighted by atomic mass is 10.00. The Balaban J connectivity index is 1.33. The van der Waals surface area contributed by atoms with Gasteiger partial charge in [-0.25, -0.2) is 9.97 Å². The van der Waals surface area contributed by atoms with Crippen molar-refractivity contribution in [3.05, 3.63) is 133 Å². The first-order chi connectivity index (χ1) is 18.3. The van der Waals surface area contributed by atoms with Gasteiger partial charge in [0.2, 0.25) is 0 Å². The van der Waals surface area contributed by atoms with E-state index < -0.39 is 0 Å². The smallest absolute Gasteiger partial charge is 0.160 e. The average molecular weight is 475 g/mol. The van der Waals surface area contributed by atoms with Crippen LogP contribution < -0.4 is 0 Å². The van der Waals surface area contributed by atoms with Crippen molar-refractivity contribution in [3.63, 3.8) is 0 Å². The Labute approximate surface area is 214 Å². The molecule has 2 heterocycles. The number of hydrogen-bond acceptors (Lipinski definition) is 3. The van der Waals surface area contributed by atoms with Gasteiger partial charge in [0.15, 0.2) is 5.82 Å². The Morgan fingerprint density at radius 1 is 0.432 bits per heavy atom. The van der Waals surface area contributed by atoms with E-state index in [4.69, 9.17) is 14.4 Å². The summed E-state index contributed by atoms with van der Waals surface area (Å²) in [5, 5.41) is 2.27. The van der Waals surface area contributed by atoms with Crippen LogP contribution >= 0.6 is 0 Å². The fourth-order valence-corrected chi connectivity index (χ4v) is 4.86. The van der Waals surface area contributed by atoms with Crippen LogP contribution in [-0.4, -0.2) is 9.97 Å². The molecule has 5 aromatic carbocycles. The van der Waals surface area contributed by atoms with E-state index in [2.05, 4.69) is 66.7 Å². The summed E-state index contributed by atoms with van der Waals surface area (Å²) >= 11 is 0. The van der Waals surface area contributed by atoms with Gasteiger partial charge in [-0.2, -0.15) is 0 Å². The molecule has 174 valence electrons. The maximum Gasteiger partial charge on any atom is 0.160 e. The van der Waals surface area contributed by atoms with Crippen LogP contribution in [0.3, 0.4) is 0 Å². The van der Waals surface area contributed by atoms with Crippen molar-refractivity contribution in [2.75, 3.05) is 0 Å². The summed E-state index contributed by atoms with van der Waals surface area (Å²) in [6.07, 6.45) is 0. The standard InChI is InChI=1S/C34H22N2O/c1-3-10-24(11-4-1)30-22-31(36-34(35-30)26-12-5-2-6-13-26)25-20-18-23(19-21-25)27-15-9-16-29-28-14-7-8-17-32(28)37-33(27)29/h1-22H. The van der Waals surface area contributed by atoms with Crippen LogP contribution in [0.15, 0.2) is 138 Å². The summed E-state index contributed by atoms with van der Waals surface area (Å²) in [5.41, 5.74) is 8.90. The van der Waals surface area contributed by atoms with E-state index in [1.54, 1.807) is 0 Å². The van der Waals surface area contributed by atoms with Crippen LogP contribution in [-0.2, 0) is 0 Å². The second-order valence-electron chi connectivity index (χ2n) is 9.05. The Bertz CT molecular complexity index is 1800. The van der Waals surface area contributed by atoms with E-state index in [1.807, 2.05) is 66.7 Å². The minimum atomic E-state index is 0.716. The Morgan fingerprint density at radius 2 is 1.00 bits per heavy atom. The molecule has 0 bridgehead atoms. The summed E-state index contributed by atoms with van der Waals surface area (Å²) in [6, 6.07) is 45.5. The Kier molecular flexibility index (Phi) is 5.11. The second kappa shape index (κ2) is 8.89. The summed E-state index contributed by atoms with van der Waals surface area (Å²) in [7, 11) is 0. The van der Waals surface area contributed by atoms with Crippen LogP contribution in [0.5, 0.6) is 0 Å². The van der Waals surface area contributed by atoms with E-state index in [-0.39, 0.29) is 0 Å². The van der Waals surface area contributed by atoms with Gasteiger partial charge in [-0.15, -0.1) is 0 Å². The molecule has 7 rings (SSSR count). The molecule has 2 aromatic heterocycles. The molecule has 0 saturated carbocycles. The van der Waals surface area contributed by atoms with Gasteiger partial charge in [-0.1, -0.05) is 121 Å². The number of furan rings is 1. The Morgan fingerprint density at radius 3 is 1.73 bits per heavy atom. The molecule has 0 saturated heterocycles. The topological polar surface area (TPSA) is 38.9 Å². The van der Waals surface area contributed by atoms with Crippen LogP contribution in [0.1, 0.15) is 0 Å². The zero-order valence-electron chi connectivity index (χ0n) is 20.0. The molecule has 3 heteroatoms. The second-order valence-corrected chi connectivity index (χ2v) is 9.05. The predicted octanol–water partition coefficient (Wildman–Crippen LogP) is 9.04. The molecule has 3 nitrogen and oxygen atoms in total. The molecule has 0 N–H and O–H groups in total. The van der Waals surface area contributed by atoms with Crippen molar-refractivity contribution in [1.29, 1.82) is 0 Å². The number of hydrogen-bond donors (Lipinski definition) is 0. The zero-order valence-corrected chi connectivity index (χ0v) is 20.0. The summed E-state index contributed by atoms with van der Waals surface area (Å²) in [6.45, 7) is 0. The number of aromatic nitrogens is 2. The summed E-state index contributed by atoms with van der Waals surface area (Å²) in [5.74, 6) is 0.716. The SMILES string of the molecule is c1ccc(-c2cc(-c3ccc(-c4cccc5c4oc4ccccc45)cc3)nc(-c3ccccc3)n2)cc1. The first kappa shape index (κ1) is 21.3. The minimum Gasteiger partial charge on any atom is -0.455 e. The third kappa shape index (κ3) is 3.87.